The van der Waals surface area contributed by atoms with Gasteiger partial charge in [-0.3, -0.25) is 0 Å². The van der Waals surface area contributed by atoms with Gasteiger partial charge in [-0.05, 0) is 25.3 Å². The molecule has 0 aliphatic carbocycles. The van der Waals surface area contributed by atoms with Crippen LogP contribution in [0.1, 0.15) is 23.5 Å². The lowest BCUT2D eigenvalue weighted by Gasteiger charge is -2.35. The van der Waals surface area contributed by atoms with Crippen molar-refractivity contribution >= 4 is 27.3 Å². The van der Waals surface area contributed by atoms with Crippen molar-refractivity contribution in [2.24, 2.45) is 0 Å². The summed E-state index contributed by atoms with van der Waals surface area (Å²) in [6.45, 7) is 4.23. The van der Waals surface area contributed by atoms with E-state index < -0.39 is 16.0 Å². The smallest absolute Gasteiger partial charge is 0.349 e. The van der Waals surface area contributed by atoms with Crippen molar-refractivity contribution in [1.82, 2.24) is 4.31 Å². The standard InChI is InChI=1S/C12H17NO5S2/c1-8-7-18-9(2)6-13(8)20(15,16)10-4-5-19-11(10)12(14)17-3/h4-5,8-9H,6-7H2,1-3H3/t8-,9+/m1/s1. The number of carbonyl (C=O) groups excluding carboxylic acids is 1. The summed E-state index contributed by atoms with van der Waals surface area (Å²) in [5.74, 6) is -0.632. The van der Waals surface area contributed by atoms with Gasteiger partial charge in [0.2, 0.25) is 10.0 Å². The molecule has 1 aromatic rings. The maximum Gasteiger partial charge on any atom is 0.349 e. The molecule has 1 aliphatic heterocycles. The third kappa shape index (κ3) is 2.73. The molecule has 0 saturated carbocycles. The van der Waals surface area contributed by atoms with E-state index in [1.165, 1.54) is 17.5 Å². The fourth-order valence-corrected chi connectivity index (χ4v) is 5.08. The van der Waals surface area contributed by atoms with Crippen LogP contribution in [0.25, 0.3) is 0 Å². The monoisotopic (exact) mass is 319 g/mol. The van der Waals surface area contributed by atoms with Crippen molar-refractivity contribution < 1.29 is 22.7 Å². The van der Waals surface area contributed by atoms with Gasteiger partial charge in [0.15, 0.2) is 0 Å². The molecule has 1 aliphatic rings. The molecule has 2 rings (SSSR count). The van der Waals surface area contributed by atoms with Crippen LogP contribution in [0.5, 0.6) is 0 Å². The molecule has 0 spiro atoms. The van der Waals surface area contributed by atoms with Gasteiger partial charge in [-0.15, -0.1) is 11.3 Å². The first-order valence-corrected chi connectivity index (χ1v) is 8.49. The molecule has 0 amide bonds. The number of thiophene rings is 1. The van der Waals surface area contributed by atoms with Crippen LogP contribution in [0.4, 0.5) is 0 Å². The molecule has 1 fully saturated rings. The van der Waals surface area contributed by atoms with Crippen LogP contribution in [0, 0.1) is 0 Å². The minimum atomic E-state index is -3.72. The third-order valence-electron chi connectivity index (χ3n) is 3.14. The minimum absolute atomic E-state index is 0.00954. The zero-order valence-electron chi connectivity index (χ0n) is 11.5. The second-order valence-corrected chi connectivity index (χ2v) is 7.45. The van der Waals surface area contributed by atoms with Crippen molar-refractivity contribution in [3.05, 3.63) is 16.3 Å². The zero-order chi connectivity index (χ0) is 14.9. The Morgan fingerprint density at radius 2 is 2.20 bits per heavy atom. The number of rotatable bonds is 3. The molecule has 1 aromatic heterocycles. The van der Waals surface area contributed by atoms with Crippen molar-refractivity contribution in [3.8, 4) is 0 Å². The van der Waals surface area contributed by atoms with E-state index in [-0.39, 0.29) is 28.5 Å². The summed E-state index contributed by atoms with van der Waals surface area (Å²) < 4.78 is 36.9. The Hall–Kier alpha value is -0.960. The van der Waals surface area contributed by atoms with Crippen LogP contribution in [-0.2, 0) is 19.5 Å². The van der Waals surface area contributed by atoms with E-state index in [4.69, 9.17) is 4.74 Å². The predicted molar refractivity (Wildman–Crippen MR) is 74.4 cm³/mol. The quantitative estimate of drug-likeness (QED) is 0.786. The number of morpholine rings is 1. The van der Waals surface area contributed by atoms with Gasteiger partial charge < -0.3 is 9.47 Å². The zero-order valence-corrected chi connectivity index (χ0v) is 13.2. The Kier molecular flexibility index (Phi) is 4.48. The van der Waals surface area contributed by atoms with Gasteiger partial charge in [-0.2, -0.15) is 4.31 Å². The lowest BCUT2D eigenvalue weighted by Crippen LogP contribution is -2.50. The number of esters is 1. The normalized spacial score (nSPS) is 24.6. The lowest BCUT2D eigenvalue weighted by atomic mass is 10.2. The average Bonchev–Trinajstić information content (AvgIpc) is 2.90. The van der Waals surface area contributed by atoms with Crippen molar-refractivity contribution in [1.29, 1.82) is 0 Å². The maximum atomic E-state index is 12.7. The summed E-state index contributed by atoms with van der Waals surface area (Å²) >= 11 is 1.06. The minimum Gasteiger partial charge on any atom is -0.465 e. The Bertz CT molecular complexity index is 595. The number of nitrogens with zero attached hydrogens (tertiary/aromatic N) is 1. The van der Waals surface area contributed by atoms with Crippen molar-refractivity contribution in [2.45, 2.75) is 30.9 Å². The number of methoxy groups -OCH3 is 1. The third-order valence-corrected chi connectivity index (χ3v) is 6.18. The predicted octanol–water partition coefficient (Wildman–Crippen LogP) is 1.33. The van der Waals surface area contributed by atoms with E-state index in [0.29, 0.717) is 6.61 Å². The van der Waals surface area contributed by atoms with Gasteiger partial charge in [-0.1, -0.05) is 0 Å². The van der Waals surface area contributed by atoms with Crippen LogP contribution in [0.2, 0.25) is 0 Å². The lowest BCUT2D eigenvalue weighted by molar-refractivity contribution is -0.0170. The Balaban J connectivity index is 2.40. The van der Waals surface area contributed by atoms with E-state index in [2.05, 4.69) is 4.74 Å². The molecule has 1 saturated heterocycles. The highest BCUT2D eigenvalue weighted by molar-refractivity contribution is 7.89. The number of hydrogen-bond donors (Lipinski definition) is 0. The molecule has 0 bridgehead atoms. The van der Waals surface area contributed by atoms with Crippen molar-refractivity contribution in [3.63, 3.8) is 0 Å². The summed E-state index contributed by atoms with van der Waals surface area (Å²) in [5, 5.41) is 1.58. The Labute approximate surface area is 122 Å². The van der Waals surface area contributed by atoms with E-state index in [9.17, 15) is 13.2 Å². The van der Waals surface area contributed by atoms with E-state index in [0.717, 1.165) is 11.3 Å². The van der Waals surface area contributed by atoms with Crippen molar-refractivity contribution in [2.75, 3.05) is 20.3 Å². The van der Waals surface area contributed by atoms with E-state index in [1.54, 1.807) is 12.3 Å². The number of ether oxygens (including phenoxy) is 2. The van der Waals surface area contributed by atoms with Crippen LogP contribution in [0.15, 0.2) is 16.3 Å². The van der Waals surface area contributed by atoms with Crippen LogP contribution < -0.4 is 0 Å². The fraction of sp³-hybridized carbons (Fsp3) is 0.583. The highest BCUT2D eigenvalue weighted by Crippen LogP contribution is 2.28. The summed E-state index contributed by atoms with van der Waals surface area (Å²) in [5.41, 5.74) is 0. The topological polar surface area (TPSA) is 72.9 Å². The number of sulfonamides is 1. The molecule has 2 atom stereocenters. The number of carbonyl (C=O) groups is 1. The highest BCUT2D eigenvalue weighted by Gasteiger charge is 2.37. The molecule has 0 N–H and O–H groups in total. The number of hydrogen-bond acceptors (Lipinski definition) is 6. The molecule has 112 valence electrons. The first-order chi connectivity index (χ1) is 9.37. The highest BCUT2D eigenvalue weighted by atomic mass is 32.2. The second-order valence-electron chi connectivity index (χ2n) is 4.67. The molecule has 0 unspecified atom stereocenters. The Morgan fingerprint density at radius 3 is 2.85 bits per heavy atom. The van der Waals surface area contributed by atoms with Gasteiger partial charge in [0, 0.05) is 12.6 Å². The van der Waals surface area contributed by atoms with Gasteiger partial charge in [0.1, 0.15) is 9.77 Å². The van der Waals surface area contributed by atoms with E-state index in [1.807, 2.05) is 6.92 Å². The summed E-state index contributed by atoms with van der Waals surface area (Å²) in [7, 11) is -2.49. The molecule has 20 heavy (non-hydrogen) atoms. The molecular formula is C12H17NO5S2. The van der Waals surface area contributed by atoms with Crippen LogP contribution >= 0.6 is 11.3 Å². The summed E-state index contributed by atoms with van der Waals surface area (Å²) in [6, 6.07) is 1.18. The van der Waals surface area contributed by atoms with Gasteiger partial charge in [0.25, 0.3) is 0 Å². The van der Waals surface area contributed by atoms with Crippen LogP contribution in [-0.4, -0.2) is 51.1 Å². The van der Waals surface area contributed by atoms with Gasteiger partial charge in [0.05, 0.1) is 19.8 Å². The van der Waals surface area contributed by atoms with Gasteiger partial charge in [-0.25, -0.2) is 13.2 Å². The molecule has 0 aromatic carbocycles. The average molecular weight is 319 g/mol. The van der Waals surface area contributed by atoms with E-state index >= 15 is 0 Å². The summed E-state index contributed by atoms with van der Waals surface area (Å²) in [6.07, 6.45) is -0.166. The molecule has 8 heteroatoms. The largest absolute Gasteiger partial charge is 0.465 e. The molecule has 2 heterocycles. The summed E-state index contributed by atoms with van der Waals surface area (Å²) in [4.78, 5) is 11.8. The van der Waals surface area contributed by atoms with Crippen LogP contribution in [0.3, 0.4) is 0 Å². The molecular weight excluding hydrogens is 302 g/mol. The SMILES string of the molecule is COC(=O)c1sccc1S(=O)(=O)N1C[C@H](C)OC[C@H]1C. The van der Waals surface area contributed by atoms with Gasteiger partial charge >= 0.3 is 5.97 Å². The second kappa shape index (κ2) is 5.80. The first-order valence-electron chi connectivity index (χ1n) is 6.17. The maximum absolute atomic E-state index is 12.7. The first kappa shape index (κ1) is 15.4. The fourth-order valence-electron chi connectivity index (χ4n) is 2.08. The molecule has 0 radical (unpaired) electrons. The Morgan fingerprint density at radius 1 is 1.50 bits per heavy atom. The molecule has 6 nitrogen and oxygen atoms in total.